The molecule has 1 atom stereocenters. The summed E-state index contributed by atoms with van der Waals surface area (Å²) in [6.07, 6.45) is 2.27. The summed E-state index contributed by atoms with van der Waals surface area (Å²) < 4.78 is 1.91. The van der Waals surface area contributed by atoms with Gasteiger partial charge < -0.3 is 5.11 Å². The molecule has 5 nitrogen and oxygen atoms in total. The normalized spacial score (nSPS) is 17.2. The highest BCUT2D eigenvalue weighted by Gasteiger charge is 2.27. The first kappa shape index (κ1) is 10.3. The molecule has 1 fully saturated rings. The van der Waals surface area contributed by atoms with Crippen molar-refractivity contribution in [1.29, 1.82) is 0 Å². The number of aliphatic carboxylic acids is 1. The Morgan fingerprint density at radius 1 is 1.53 bits per heavy atom. The van der Waals surface area contributed by atoms with Crippen LogP contribution < -0.4 is 0 Å². The van der Waals surface area contributed by atoms with Crippen molar-refractivity contribution in [3.8, 4) is 0 Å². The van der Waals surface area contributed by atoms with Crippen LogP contribution in [0.25, 0.3) is 11.0 Å². The molecule has 0 radical (unpaired) electrons. The third-order valence-corrected chi connectivity index (χ3v) is 3.26. The molecule has 5 heteroatoms. The molecule has 17 heavy (non-hydrogen) atoms. The van der Waals surface area contributed by atoms with E-state index in [0.717, 1.165) is 29.4 Å². The van der Waals surface area contributed by atoms with Gasteiger partial charge in [-0.15, -0.1) is 5.10 Å². The molecule has 2 aromatic rings. The zero-order valence-electron chi connectivity index (χ0n) is 9.50. The Hall–Kier alpha value is -1.91. The molecule has 1 saturated carbocycles. The van der Waals surface area contributed by atoms with Crippen LogP contribution in [0.4, 0.5) is 0 Å². The first-order valence-electron chi connectivity index (χ1n) is 5.74. The Kier molecular flexibility index (Phi) is 2.14. The van der Waals surface area contributed by atoms with Crippen LogP contribution >= 0.6 is 0 Å². The fourth-order valence-corrected chi connectivity index (χ4v) is 1.95. The average molecular weight is 231 g/mol. The first-order chi connectivity index (χ1) is 8.16. The minimum atomic E-state index is -0.810. The SMILES string of the molecule is CC(C(=O)O)c1ccc2nnn(C3CC3)c2c1. The van der Waals surface area contributed by atoms with Crippen molar-refractivity contribution in [2.75, 3.05) is 0 Å². The Morgan fingerprint density at radius 3 is 2.94 bits per heavy atom. The number of fused-ring (bicyclic) bond motifs is 1. The van der Waals surface area contributed by atoms with E-state index in [2.05, 4.69) is 10.3 Å². The fourth-order valence-electron chi connectivity index (χ4n) is 1.95. The van der Waals surface area contributed by atoms with Crippen LogP contribution in [-0.4, -0.2) is 26.1 Å². The quantitative estimate of drug-likeness (QED) is 0.876. The molecule has 0 spiro atoms. The number of aromatic nitrogens is 3. The molecule has 1 heterocycles. The molecule has 3 rings (SSSR count). The monoisotopic (exact) mass is 231 g/mol. The maximum Gasteiger partial charge on any atom is 0.310 e. The van der Waals surface area contributed by atoms with Crippen LogP contribution in [0.1, 0.15) is 37.3 Å². The number of carbonyl (C=O) groups is 1. The summed E-state index contributed by atoms with van der Waals surface area (Å²) >= 11 is 0. The van der Waals surface area contributed by atoms with E-state index in [1.165, 1.54) is 0 Å². The number of hydrogen-bond donors (Lipinski definition) is 1. The van der Waals surface area contributed by atoms with Crippen molar-refractivity contribution >= 4 is 17.0 Å². The van der Waals surface area contributed by atoms with Gasteiger partial charge in [-0.1, -0.05) is 11.3 Å². The minimum Gasteiger partial charge on any atom is -0.481 e. The minimum absolute atomic E-state index is 0.454. The molecule has 1 unspecified atom stereocenters. The lowest BCUT2D eigenvalue weighted by Gasteiger charge is -2.06. The van der Waals surface area contributed by atoms with E-state index in [0.29, 0.717) is 6.04 Å². The molecule has 0 amide bonds. The van der Waals surface area contributed by atoms with E-state index in [-0.39, 0.29) is 0 Å². The van der Waals surface area contributed by atoms with Crippen LogP contribution in [0, 0.1) is 0 Å². The second-order valence-electron chi connectivity index (χ2n) is 4.57. The van der Waals surface area contributed by atoms with Crippen molar-refractivity contribution in [1.82, 2.24) is 15.0 Å². The molecule has 0 saturated heterocycles. The predicted octanol–water partition coefficient (Wildman–Crippen LogP) is 1.95. The van der Waals surface area contributed by atoms with Gasteiger partial charge in [-0.2, -0.15) is 0 Å². The molecule has 1 aromatic heterocycles. The van der Waals surface area contributed by atoms with Gasteiger partial charge in [0, 0.05) is 0 Å². The summed E-state index contributed by atoms with van der Waals surface area (Å²) in [7, 11) is 0. The zero-order valence-corrected chi connectivity index (χ0v) is 9.50. The summed E-state index contributed by atoms with van der Waals surface area (Å²) in [4.78, 5) is 11.0. The topological polar surface area (TPSA) is 68.0 Å². The lowest BCUT2D eigenvalue weighted by Crippen LogP contribution is -2.07. The summed E-state index contributed by atoms with van der Waals surface area (Å²) in [6.45, 7) is 1.69. The van der Waals surface area contributed by atoms with Crippen LogP contribution in [0.5, 0.6) is 0 Å². The van der Waals surface area contributed by atoms with Gasteiger partial charge in [-0.25, -0.2) is 4.68 Å². The highest BCUT2D eigenvalue weighted by Crippen LogP contribution is 2.36. The van der Waals surface area contributed by atoms with Crippen LogP contribution in [0.15, 0.2) is 18.2 Å². The molecule has 0 bridgehead atoms. The number of benzene rings is 1. The number of carboxylic acid groups (broad SMARTS) is 1. The van der Waals surface area contributed by atoms with E-state index < -0.39 is 11.9 Å². The second-order valence-corrected chi connectivity index (χ2v) is 4.57. The molecule has 0 aliphatic heterocycles. The second kappa shape index (κ2) is 3.55. The van der Waals surface area contributed by atoms with Gasteiger partial charge in [-0.3, -0.25) is 4.79 Å². The van der Waals surface area contributed by atoms with E-state index in [4.69, 9.17) is 5.11 Å². The molecule has 88 valence electrons. The van der Waals surface area contributed by atoms with Gasteiger partial charge in [0.15, 0.2) is 0 Å². The highest BCUT2D eigenvalue weighted by molar-refractivity contribution is 5.80. The van der Waals surface area contributed by atoms with Gasteiger partial charge in [0.1, 0.15) is 5.52 Å². The third kappa shape index (κ3) is 1.67. The van der Waals surface area contributed by atoms with Crippen LogP contribution in [-0.2, 0) is 4.79 Å². The fraction of sp³-hybridized carbons (Fsp3) is 0.417. The van der Waals surface area contributed by atoms with Gasteiger partial charge in [0.25, 0.3) is 0 Å². The smallest absolute Gasteiger partial charge is 0.310 e. The van der Waals surface area contributed by atoms with Crippen molar-refractivity contribution in [3.05, 3.63) is 23.8 Å². The van der Waals surface area contributed by atoms with Gasteiger partial charge in [-0.05, 0) is 37.5 Å². The summed E-state index contributed by atoms with van der Waals surface area (Å²) in [5, 5.41) is 17.2. The summed E-state index contributed by atoms with van der Waals surface area (Å²) in [6, 6.07) is 6.01. The Morgan fingerprint density at radius 2 is 2.29 bits per heavy atom. The summed E-state index contributed by atoms with van der Waals surface area (Å²) in [5.41, 5.74) is 2.57. The number of rotatable bonds is 3. The van der Waals surface area contributed by atoms with Crippen LogP contribution in [0.2, 0.25) is 0 Å². The maximum absolute atomic E-state index is 11.0. The van der Waals surface area contributed by atoms with Gasteiger partial charge in [0.2, 0.25) is 0 Å². The predicted molar refractivity (Wildman–Crippen MR) is 61.8 cm³/mol. The molecule has 1 aromatic carbocycles. The Bertz CT molecular complexity index is 586. The first-order valence-corrected chi connectivity index (χ1v) is 5.74. The number of carboxylic acids is 1. The summed E-state index contributed by atoms with van der Waals surface area (Å²) in [5.74, 6) is -1.31. The lowest BCUT2D eigenvalue weighted by molar-refractivity contribution is -0.138. The molecule has 1 aliphatic rings. The zero-order chi connectivity index (χ0) is 12.0. The van der Waals surface area contributed by atoms with E-state index in [9.17, 15) is 4.79 Å². The Balaban J connectivity index is 2.09. The molecule has 1 N–H and O–H groups in total. The maximum atomic E-state index is 11.0. The molecular formula is C12H13N3O2. The highest BCUT2D eigenvalue weighted by atomic mass is 16.4. The largest absolute Gasteiger partial charge is 0.481 e. The van der Waals surface area contributed by atoms with Crippen LogP contribution in [0.3, 0.4) is 0 Å². The Labute approximate surface area is 98.0 Å². The van der Waals surface area contributed by atoms with Gasteiger partial charge >= 0.3 is 5.97 Å². The van der Waals surface area contributed by atoms with E-state index in [1.54, 1.807) is 6.92 Å². The van der Waals surface area contributed by atoms with Gasteiger partial charge in [0.05, 0.1) is 17.5 Å². The van der Waals surface area contributed by atoms with E-state index >= 15 is 0 Å². The standard InChI is InChI=1S/C12H13N3O2/c1-7(12(16)17)8-2-5-10-11(6-8)15(14-13-10)9-3-4-9/h2,5-7,9H,3-4H2,1H3,(H,16,17). The van der Waals surface area contributed by atoms with Crippen molar-refractivity contribution in [3.63, 3.8) is 0 Å². The number of hydrogen-bond acceptors (Lipinski definition) is 3. The van der Waals surface area contributed by atoms with Crippen molar-refractivity contribution in [2.45, 2.75) is 31.7 Å². The third-order valence-electron chi connectivity index (χ3n) is 3.26. The molecular weight excluding hydrogens is 218 g/mol. The number of nitrogens with zero attached hydrogens (tertiary/aromatic N) is 3. The average Bonchev–Trinajstić information content (AvgIpc) is 3.07. The lowest BCUT2D eigenvalue weighted by atomic mass is 10.0. The van der Waals surface area contributed by atoms with E-state index in [1.807, 2.05) is 22.9 Å². The van der Waals surface area contributed by atoms with Crippen molar-refractivity contribution < 1.29 is 9.90 Å². The van der Waals surface area contributed by atoms with Crippen molar-refractivity contribution in [2.24, 2.45) is 0 Å². The molecule has 1 aliphatic carbocycles.